The zero-order valence-electron chi connectivity index (χ0n) is 11.9. The quantitative estimate of drug-likeness (QED) is 0.829. The Hall–Kier alpha value is -1.22. The number of rotatable bonds is 5. The van der Waals surface area contributed by atoms with Crippen LogP contribution in [0.2, 0.25) is 0 Å². The minimum atomic E-state index is 0.329. The number of para-hydroxylation sites is 1. The first-order chi connectivity index (χ1) is 9.35. The smallest absolute Gasteiger partial charge is 0.164 e. The SMILES string of the molecule is COc1cccc(CCN)c1OC1CCCCCC1. The first-order valence-electron chi connectivity index (χ1n) is 7.37. The summed E-state index contributed by atoms with van der Waals surface area (Å²) in [5.41, 5.74) is 6.84. The molecule has 3 nitrogen and oxygen atoms in total. The van der Waals surface area contributed by atoms with E-state index < -0.39 is 0 Å². The molecule has 0 saturated heterocycles. The van der Waals surface area contributed by atoms with E-state index in [1.165, 1.54) is 25.7 Å². The summed E-state index contributed by atoms with van der Waals surface area (Å²) >= 11 is 0. The minimum absolute atomic E-state index is 0.329. The van der Waals surface area contributed by atoms with E-state index in [1.807, 2.05) is 12.1 Å². The average Bonchev–Trinajstić information content (AvgIpc) is 2.69. The molecule has 0 radical (unpaired) electrons. The van der Waals surface area contributed by atoms with Crippen LogP contribution in [0.3, 0.4) is 0 Å². The van der Waals surface area contributed by atoms with Gasteiger partial charge in [0.1, 0.15) is 0 Å². The van der Waals surface area contributed by atoms with Crippen molar-refractivity contribution in [2.24, 2.45) is 5.73 Å². The maximum absolute atomic E-state index is 6.26. The summed E-state index contributed by atoms with van der Waals surface area (Å²) in [4.78, 5) is 0. The summed E-state index contributed by atoms with van der Waals surface area (Å²) < 4.78 is 11.7. The molecule has 0 aromatic heterocycles. The number of benzene rings is 1. The summed E-state index contributed by atoms with van der Waals surface area (Å²) in [5.74, 6) is 1.73. The monoisotopic (exact) mass is 263 g/mol. The highest BCUT2D eigenvalue weighted by Gasteiger charge is 2.18. The second-order valence-electron chi connectivity index (χ2n) is 5.22. The second kappa shape index (κ2) is 7.39. The highest BCUT2D eigenvalue weighted by Crippen LogP contribution is 2.34. The first-order valence-corrected chi connectivity index (χ1v) is 7.37. The van der Waals surface area contributed by atoms with Crippen LogP contribution in [0, 0.1) is 0 Å². The average molecular weight is 263 g/mol. The Morgan fingerprint density at radius 3 is 2.53 bits per heavy atom. The molecule has 19 heavy (non-hydrogen) atoms. The molecule has 1 fully saturated rings. The van der Waals surface area contributed by atoms with Gasteiger partial charge in [-0.05, 0) is 50.3 Å². The highest BCUT2D eigenvalue weighted by molar-refractivity contribution is 5.47. The van der Waals surface area contributed by atoms with E-state index in [0.29, 0.717) is 12.6 Å². The van der Waals surface area contributed by atoms with Crippen molar-refractivity contribution in [1.82, 2.24) is 0 Å². The van der Waals surface area contributed by atoms with Gasteiger partial charge in [-0.15, -0.1) is 0 Å². The lowest BCUT2D eigenvalue weighted by Crippen LogP contribution is -2.17. The van der Waals surface area contributed by atoms with Gasteiger partial charge >= 0.3 is 0 Å². The first kappa shape index (κ1) is 14.2. The van der Waals surface area contributed by atoms with Gasteiger partial charge in [-0.1, -0.05) is 25.0 Å². The molecule has 1 saturated carbocycles. The molecule has 0 amide bonds. The van der Waals surface area contributed by atoms with Crippen molar-refractivity contribution in [2.75, 3.05) is 13.7 Å². The van der Waals surface area contributed by atoms with Crippen LogP contribution < -0.4 is 15.2 Å². The number of hydrogen-bond acceptors (Lipinski definition) is 3. The molecule has 0 atom stereocenters. The van der Waals surface area contributed by atoms with E-state index in [9.17, 15) is 0 Å². The Morgan fingerprint density at radius 1 is 1.16 bits per heavy atom. The normalized spacial score (nSPS) is 16.9. The Bertz CT molecular complexity index is 384. The third-order valence-electron chi connectivity index (χ3n) is 3.78. The van der Waals surface area contributed by atoms with Crippen molar-refractivity contribution in [3.05, 3.63) is 23.8 Å². The predicted molar refractivity (Wildman–Crippen MR) is 77.9 cm³/mol. The molecule has 106 valence electrons. The van der Waals surface area contributed by atoms with Crippen molar-refractivity contribution >= 4 is 0 Å². The number of methoxy groups -OCH3 is 1. The lowest BCUT2D eigenvalue weighted by molar-refractivity contribution is 0.174. The number of ether oxygens (including phenoxy) is 2. The minimum Gasteiger partial charge on any atom is -0.493 e. The maximum atomic E-state index is 6.26. The van der Waals surface area contributed by atoms with Crippen LogP contribution in [0.4, 0.5) is 0 Å². The van der Waals surface area contributed by atoms with Gasteiger partial charge in [0, 0.05) is 0 Å². The zero-order valence-corrected chi connectivity index (χ0v) is 11.9. The lowest BCUT2D eigenvalue weighted by atomic mass is 10.1. The van der Waals surface area contributed by atoms with Crippen LogP contribution in [0.25, 0.3) is 0 Å². The summed E-state index contributed by atoms with van der Waals surface area (Å²) in [6, 6.07) is 6.05. The molecule has 2 N–H and O–H groups in total. The van der Waals surface area contributed by atoms with Gasteiger partial charge in [0.05, 0.1) is 13.2 Å². The Kier molecular flexibility index (Phi) is 5.52. The maximum Gasteiger partial charge on any atom is 0.164 e. The van der Waals surface area contributed by atoms with Crippen molar-refractivity contribution in [2.45, 2.75) is 51.0 Å². The molecule has 1 aromatic rings. The number of nitrogens with two attached hydrogens (primary N) is 1. The topological polar surface area (TPSA) is 44.5 Å². The van der Waals surface area contributed by atoms with E-state index >= 15 is 0 Å². The van der Waals surface area contributed by atoms with Crippen LogP contribution in [0.1, 0.15) is 44.1 Å². The van der Waals surface area contributed by atoms with Gasteiger partial charge in [-0.3, -0.25) is 0 Å². The summed E-state index contributed by atoms with van der Waals surface area (Å²) in [6.45, 7) is 0.633. The fraction of sp³-hybridized carbons (Fsp3) is 0.625. The highest BCUT2D eigenvalue weighted by atomic mass is 16.5. The molecule has 2 rings (SSSR count). The van der Waals surface area contributed by atoms with Crippen LogP contribution in [-0.2, 0) is 6.42 Å². The Labute approximate surface area is 116 Å². The van der Waals surface area contributed by atoms with Crippen LogP contribution in [0.15, 0.2) is 18.2 Å². The third kappa shape index (κ3) is 3.87. The Balaban J connectivity index is 2.15. The van der Waals surface area contributed by atoms with Crippen molar-refractivity contribution in [3.8, 4) is 11.5 Å². The Morgan fingerprint density at radius 2 is 1.89 bits per heavy atom. The molecule has 1 aromatic carbocycles. The van der Waals surface area contributed by atoms with Gasteiger partial charge < -0.3 is 15.2 Å². The van der Waals surface area contributed by atoms with Crippen molar-refractivity contribution in [1.29, 1.82) is 0 Å². The van der Waals surface area contributed by atoms with Gasteiger partial charge in [0.15, 0.2) is 11.5 Å². The molecule has 0 aliphatic heterocycles. The fourth-order valence-electron chi connectivity index (χ4n) is 2.73. The van der Waals surface area contributed by atoms with Crippen LogP contribution in [0.5, 0.6) is 11.5 Å². The molecule has 0 unspecified atom stereocenters. The summed E-state index contributed by atoms with van der Waals surface area (Å²) in [7, 11) is 1.70. The van der Waals surface area contributed by atoms with Gasteiger partial charge in [-0.25, -0.2) is 0 Å². The zero-order chi connectivity index (χ0) is 13.5. The van der Waals surface area contributed by atoms with Crippen LogP contribution in [-0.4, -0.2) is 19.8 Å². The molecular weight excluding hydrogens is 238 g/mol. The molecule has 1 aliphatic rings. The van der Waals surface area contributed by atoms with E-state index in [1.54, 1.807) is 7.11 Å². The van der Waals surface area contributed by atoms with E-state index in [0.717, 1.165) is 36.3 Å². The van der Waals surface area contributed by atoms with Gasteiger partial charge in [0.25, 0.3) is 0 Å². The molecule has 1 aliphatic carbocycles. The molecule has 3 heteroatoms. The molecule has 0 spiro atoms. The van der Waals surface area contributed by atoms with Gasteiger partial charge in [0.2, 0.25) is 0 Å². The van der Waals surface area contributed by atoms with Crippen LogP contribution >= 0.6 is 0 Å². The standard InChI is InChI=1S/C16H25NO2/c1-18-15-10-6-7-13(11-12-17)16(15)19-14-8-4-2-3-5-9-14/h6-7,10,14H,2-5,8-9,11-12,17H2,1H3. The summed E-state index contributed by atoms with van der Waals surface area (Å²) in [6.07, 6.45) is 8.68. The largest absolute Gasteiger partial charge is 0.493 e. The van der Waals surface area contributed by atoms with E-state index in [-0.39, 0.29) is 0 Å². The van der Waals surface area contributed by atoms with E-state index in [4.69, 9.17) is 15.2 Å². The van der Waals surface area contributed by atoms with Gasteiger partial charge in [-0.2, -0.15) is 0 Å². The third-order valence-corrected chi connectivity index (χ3v) is 3.78. The van der Waals surface area contributed by atoms with Crippen molar-refractivity contribution in [3.63, 3.8) is 0 Å². The lowest BCUT2D eigenvalue weighted by Gasteiger charge is -2.21. The molecule has 0 bridgehead atoms. The van der Waals surface area contributed by atoms with Crippen molar-refractivity contribution < 1.29 is 9.47 Å². The van der Waals surface area contributed by atoms with E-state index in [2.05, 4.69) is 6.07 Å². The summed E-state index contributed by atoms with van der Waals surface area (Å²) in [5, 5.41) is 0. The molecular formula is C16H25NO2. The predicted octanol–water partition coefficient (Wildman–Crippen LogP) is 3.30. The molecule has 0 heterocycles. The fourth-order valence-corrected chi connectivity index (χ4v) is 2.73. The second-order valence-corrected chi connectivity index (χ2v) is 5.22. The number of hydrogen-bond donors (Lipinski definition) is 1.